The van der Waals surface area contributed by atoms with Crippen LogP contribution in [0.4, 0.5) is 0 Å². The zero-order chi connectivity index (χ0) is 18.9. The lowest BCUT2D eigenvalue weighted by Gasteiger charge is -2.55. The first-order chi connectivity index (χ1) is 12.4. The zero-order valence-corrected chi connectivity index (χ0v) is 16.7. The Hall–Kier alpha value is -1.57. The van der Waals surface area contributed by atoms with E-state index in [-0.39, 0.29) is 12.0 Å². The fourth-order valence-corrected chi connectivity index (χ4v) is 4.28. The SMILES string of the molecule is CCOC(=O)[C@@H]1[C@H]2NC(=S)N(CCCOC)[C@@]1(C)Oc1ccc(Cl)cc12. The molecule has 2 aliphatic rings. The molecule has 8 heteroatoms. The number of nitrogens with one attached hydrogen (secondary N) is 1. The first-order valence-electron chi connectivity index (χ1n) is 8.64. The number of benzene rings is 1. The van der Waals surface area contributed by atoms with Gasteiger partial charge in [-0.1, -0.05) is 11.6 Å². The summed E-state index contributed by atoms with van der Waals surface area (Å²) in [5.74, 6) is -0.214. The Balaban J connectivity index is 2.04. The molecule has 2 bridgehead atoms. The third kappa shape index (κ3) is 3.23. The van der Waals surface area contributed by atoms with Gasteiger partial charge in [-0.25, -0.2) is 0 Å². The van der Waals surface area contributed by atoms with Gasteiger partial charge in [0.05, 0.1) is 12.6 Å². The van der Waals surface area contributed by atoms with Crippen LogP contribution in [-0.4, -0.2) is 48.6 Å². The van der Waals surface area contributed by atoms with Gasteiger partial charge in [0.2, 0.25) is 0 Å². The predicted octanol–water partition coefficient (Wildman–Crippen LogP) is 2.90. The summed E-state index contributed by atoms with van der Waals surface area (Å²) < 4.78 is 16.8. The van der Waals surface area contributed by atoms with Crippen LogP contribution in [0.2, 0.25) is 5.02 Å². The van der Waals surface area contributed by atoms with Gasteiger partial charge in [0.1, 0.15) is 11.7 Å². The van der Waals surface area contributed by atoms with Gasteiger partial charge in [-0.05, 0) is 50.7 Å². The smallest absolute Gasteiger partial charge is 0.317 e. The fraction of sp³-hybridized carbons (Fsp3) is 0.556. The zero-order valence-electron chi connectivity index (χ0n) is 15.1. The van der Waals surface area contributed by atoms with E-state index in [0.717, 1.165) is 12.0 Å². The highest BCUT2D eigenvalue weighted by molar-refractivity contribution is 7.80. The van der Waals surface area contributed by atoms with E-state index < -0.39 is 11.6 Å². The van der Waals surface area contributed by atoms with E-state index >= 15 is 0 Å². The molecule has 0 saturated carbocycles. The highest BCUT2D eigenvalue weighted by Gasteiger charge is 2.59. The largest absolute Gasteiger partial charge is 0.467 e. The summed E-state index contributed by atoms with van der Waals surface area (Å²) in [6, 6.07) is 5.06. The van der Waals surface area contributed by atoms with Crippen LogP contribution in [0.3, 0.4) is 0 Å². The number of fused-ring (bicyclic) bond motifs is 4. The van der Waals surface area contributed by atoms with Crippen molar-refractivity contribution in [1.29, 1.82) is 0 Å². The van der Waals surface area contributed by atoms with Crippen LogP contribution in [0.5, 0.6) is 5.75 Å². The van der Waals surface area contributed by atoms with Crippen LogP contribution in [0.15, 0.2) is 18.2 Å². The van der Waals surface area contributed by atoms with Crippen molar-refractivity contribution in [1.82, 2.24) is 10.2 Å². The number of ether oxygens (including phenoxy) is 3. The second-order valence-electron chi connectivity index (χ2n) is 6.49. The summed E-state index contributed by atoms with van der Waals surface area (Å²) in [5.41, 5.74) is -0.139. The number of nitrogens with zero attached hydrogens (tertiary/aromatic N) is 1. The summed E-state index contributed by atoms with van der Waals surface area (Å²) in [6.07, 6.45) is 0.755. The average molecular weight is 399 g/mol. The van der Waals surface area contributed by atoms with E-state index in [1.54, 1.807) is 20.1 Å². The molecule has 0 radical (unpaired) electrons. The molecule has 2 aliphatic heterocycles. The lowest BCUT2D eigenvalue weighted by Crippen LogP contribution is -2.71. The third-order valence-corrected chi connectivity index (χ3v) is 5.44. The molecular formula is C18H23ClN2O4S. The molecule has 0 aromatic heterocycles. The Labute approximate surface area is 163 Å². The summed E-state index contributed by atoms with van der Waals surface area (Å²) >= 11 is 11.7. The minimum atomic E-state index is -0.951. The number of methoxy groups -OCH3 is 1. The molecule has 1 N–H and O–H groups in total. The number of hydrogen-bond donors (Lipinski definition) is 1. The summed E-state index contributed by atoms with van der Waals surface area (Å²) in [5, 5.41) is 4.42. The van der Waals surface area contributed by atoms with Crippen LogP contribution in [0.25, 0.3) is 0 Å². The van der Waals surface area contributed by atoms with Crippen molar-refractivity contribution in [3.05, 3.63) is 28.8 Å². The first kappa shape index (κ1) is 19.2. The van der Waals surface area contributed by atoms with Crippen LogP contribution < -0.4 is 10.1 Å². The quantitative estimate of drug-likeness (QED) is 0.449. The lowest BCUT2D eigenvalue weighted by molar-refractivity contribution is -0.175. The van der Waals surface area contributed by atoms with Crippen molar-refractivity contribution in [3.8, 4) is 5.75 Å². The van der Waals surface area contributed by atoms with Crippen molar-refractivity contribution >= 4 is 34.9 Å². The summed E-state index contributed by atoms with van der Waals surface area (Å²) in [6.45, 7) is 5.17. The van der Waals surface area contributed by atoms with Crippen molar-refractivity contribution in [2.24, 2.45) is 5.92 Å². The predicted molar refractivity (Wildman–Crippen MR) is 102 cm³/mol. The molecular weight excluding hydrogens is 376 g/mol. The minimum absolute atomic E-state index is 0.300. The monoisotopic (exact) mass is 398 g/mol. The van der Waals surface area contributed by atoms with Crippen LogP contribution in [0.1, 0.15) is 31.9 Å². The standard InChI is InChI=1S/C18H23ClN2O4S/c1-4-24-16(22)14-15-12-10-11(19)6-7-13(12)25-18(14,2)21(17(26)20-15)8-5-9-23-3/h6-7,10,14-15H,4-5,8-9H2,1-3H3,(H,20,26)/t14-,15-,18-/m0/s1. The van der Waals surface area contributed by atoms with Crippen molar-refractivity contribution < 1.29 is 19.0 Å². The maximum absolute atomic E-state index is 12.8. The van der Waals surface area contributed by atoms with E-state index in [1.807, 2.05) is 24.0 Å². The molecule has 2 heterocycles. The van der Waals surface area contributed by atoms with E-state index in [2.05, 4.69) is 5.32 Å². The van der Waals surface area contributed by atoms with Gasteiger partial charge in [0, 0.05) is 30.8 Å². The van der Waals surface area contributed by atoms with Crippen molar-refractivity contribution in [2.75, 3.05) is 26.9 Å². The fourth-order valence-electron chi connectivity index (χ4n) is 3.70. The Morgan fingerprint density at radius 1 is 1.50 bits per heavy atom. The summed E-state index contributed by atoms with van der Waals surface area (Å²) in [7, 11) is 1.66. The number of halogens is 1. The Bertz CT molecular complexity index is 716. The maximum atomic E-state index is 12.8. The van der Waals surface area contributed by atoms with E-state index in [4.69, 9.17) is 38.0 Å². The molecule has 26 heavy (non-hydrogen) atoms. The molecule has 3 atom stereocenters. The number of hydrogen-bond acceptors (Lipinski definition) is 5. The number of esters is 1. The highest BCUT2D eigenvalue weighted by atomic mass is 35.5. The van der Waals surface area contributed by atoms with E-state index in [9.17, 15) is 4.79 Å². The molecule has 3 rings (SSSR count). The third-order valence-electron chi connectivity index (χ3n) is 4.86. The molecule has 142 valence electrons. The van der Waals surface area contributed by atoms with Crippen LogP contribution >= 0.6 is 23.8 Å². The Morgan fingerprint density at radius 2 is 2.27 bits per heavy atom. The Morgan fingerprint density at radius 3 is 2.96 bits per heavy atom. The first-order valence-corrected chi connectivity index (χ1v) is 9.43. The van der Waals surface area contributed by atoms with Gasteiger partial charge in [-0.15, -0.1) is 0 Å². The molecule has 1 saturated heterocycles. The number of rotatable bonds is 6. The lowest BCUT2D eigenvalue weighted by atomic mass is 9.79. The molecule has 0 unspecified atom stereocenters. The van der Waals surface area contributed by atoms with Gasteiger partial charge in [-0.3, -0.25) is 4.79 Å². The van der Waals surface area contributed by atoms with Gasteiger partial charge in [-0.2, -0.15) is 0 Å². The molecule has 1 fully saturated rings. The van der Waals surface area contributed by atoms with E-state index in [1.165, 1.54) is 0 Å². The molecule has 0 amide bonds. The second-order valence-corrected chi connectivity index (χ2v) is 7.32. The second kappa shape index (κ2) is 7.58. The summed E-state index contributed by atoms with van der Waals surface area (Å²) in [4.78, 5) is 14.7. The number of carbonyl (C=O) groups excluding carboxylic acids is 1. The number of carbonyl (C=O) groups is 1. The molecule has 0 aliphatic carbocycles. The molecule has 1 aromatic rings. The van der Waals surface area contributed by atoms with Gasteiger partial charge in [0.15, 0.2) is 10.8 Å². The van der Waals surface area contributed by atoms with E-state index in [0.29, 0.717) is 35.6 Å². The molecule has 1 aromatic carbocycles. The van der Waals surface area contributed by atoms with Crippen LogP contribution in [0, 0.1) is 5.92 Å². The van der Waals surface area contributed by atoms with Crippen molar-refractivity contribution in [2.45, 2.75) is 32.0 Å². The topological polar surface area (TPSA) is 60.0 Å². The van der Waals surface area contributed by atoms with Crippen molar-refractivity contribution in [3.63, 3.8) is 0 Å². The highest BCUT2D eigenvalue weighted by Crippen LogP contribution is 2.49. The minimum Gasteiger partial charge on any atom is -0.467 e. The Kier molecular flexibility index (Phi) is 5.60. The normalized spacial score (nSPS) is 26.6. The van der Waals surface area contributed by atoms with Crippen LogP contribution in [-0.2, 0) is 14.3 Å². The molecule has 0 spiro atoms. The number of thiocarbonyl (C=S) groups is 1. The molecule has 6 nitrogen and oxygen atoms in total. The maximum Gasteiger partial charge on any atom is 0.317 e. The van der Waals surface area contributed by atoms with Gasteiger partial charge in [0.25, 0.3) is 0 Å². The van der Waals surface area contributed by atoms with Gasteiger partial charge >= 0.3 is 5.97 Å². The van der Waals surface area contributed by atoms with Gasteiger partial charge < -0.3 is 24.4 Å². The average Bonchev–Trinajstić information content (AvgIpc) is 2.58.